The number of nitrogens with zero attached hydrogens (tertiary/aromatic N) is 3. The largest absolute Gasteiger partial charge is 0.370 e. The summed E-state index contributed by atoms with van der Waals surface area (Å²) in [5, 5.41) is 0. The number of nitrogens with two attached hydrogens (primary N) is 1. The van der Waals surface area contributed by atoms with Crippen LogP contribution in [0.2, 0.25) is 0 Å². The van der Waals surface area contributed by atoms with Gasteiger partial charge in [-0.15, -0.1) is 0 Å². The van der Waals surface area contributed by atoms with Gasteiger partial charge in [0.1, 0.15) is 0 Å². The minimum atomic E-state index is 0.619. The van der Waals surface area contributed by atoms with Crippen LogP contribution in [0.5, 0.6) is 0 Å². The zero-order chi connectivity index (χ0) is 9.84. The van der Waals surface area contributed by atoms with Gasteiger partial charge in [-0.2, -0.15) is 0 Å². The third-order valence-electron chi connectivity index (χ3n) is 2.68. The molecule has 1 unspecified atom stereocenters. The normalized spacial score (nSPS) is 25.4. The number of guanidine groups is 1. The van der Waals surface area contributed by atoms with Crippen LogP contribution < -0.4 is 5.73 Å². The van der Waals surface area contributed by atoms with Crippen molar-refractivity contribution in [1.29, 1.82) is 0 Å². The number of aliphatic imine (C=N–C) groups is 1. The fourth-order valence-electron chi connectivity index (χ4n) is 1.73. The molecule has 4 heteroatoms. The van der Waals surface area contributed by atoms with E-state index in [1.165, 1.54) is 12.8 Å². The summed E-state index contributed by atoms with van der Waals surface area (Å²) in [6.07, 6.45) is 2.47. The van der Waals surface area contributed by atoms with E-state index in [-0.39, 0.29) is 0 Å². The van der Waals surface area contributed by atoms with Crippen molar-refractivity contribution in [2.75, 3.05) is 34.2 Å². The minimum Gasteiger partial charge on any atom is -0.370 e. The molecule has 0 saturated carbocycles. The molecule has 1 saturated heterocycles. The molecule has 2 N–H and O–H groups in total. The Morgan fingerprint density at radius 1 is 1.54 bits per heavy atom. The average Bonchev–Trinajstić information content (AvgIpc) is 2.17. The lowest BCUT2D eigenvalue weighted by atomic mass is 10.1. The van der Waals surface area contributed by atoms with Crippen molar-refractivity contribution < 1.29 is 0 Å². The smallest absolute Gasteiger partial charge is 0.191 e. The van der Waals surface area contributed by atoms with E-state index in [9.17, 15) is 0 Å². The molecule has 0 amide bonds. The van der Waals surface area contributed by atoms with Crippen molar-refractivity contribution >= 4 is 5.96 Å². The van der Waals surface area contributed by atoms with Crippen molar-refractivity contribution in [3.63, 3.8) is 0 Å². The van der Waals surface area contributed by atoms with E-state index < -0.39 is 0 Å². The van der Waals surface area contributed by atoms with Gasteiger partial charge in [0.25, 0.3) is 0 Å². The summed E-state index contributed by atoms with van der Waals surface area (Å²) < 4.78 is 0. The van der Waals surface area contributed by atoms with Crippen molar-refractivity contribution in [2.24, 2.45) is 10.7 Å². The van der Waals surface area contributed by atoms with Gasteiger partial charge in [-0.1, -0.05) is 0 Å². The number of likely N-dealkylation sites (N-methyl/N-ethyl adjacent to an activating group) is 1. The highest BCUT2D eigenvalue weighted by molar-refractivity contribution is 5.78. The number of hydrogen-bond acceptors (Lipinski definition) is 2. The van der Waals surface area contributed by atoms with E-state index in [1.807, 2.05) is 0 Å². The molecule has 76 valence electrons. The quantitative estimate of drug-likeness (QED) is 0.459. The molecule has 0 spiro atoms. The Balaban J connectivity index is 2.51. The van der Waals surface area contributed by atoms with E-state index in [0.29, 0.717) is 12.0 Å². The van der Waals surface area contributed by atoms with E-state index >= 15 is 0 Å². The van der Waals surface area contributed by atoms with Crippen molar-refractivity contribution in [2.45, 2.75) is 18.9 Å². The molecule has 0 aromatic carbocycles. The maximum absolute atomic E-state index is 5.77. The van der Waals surface area contributed by atoms with Crippen LogP contribution in [-0.4, -0.2) is 56.0 Å². The molecule has 4 nitrogen and oxygen atoms in total. The highest BCUT2D eigenvalue weighted by Gasteiger charge is 2.21. The molecule has 0 aromatic rings. The second-order valence-corrected chi connectivity index (χ2v) is 3.79. The van der Waals surface area contributed by atoms with Crippen LogP contribution in [0, 0.1) is 0 Å². The molecule has 1 atom stereocenters. The maximum Gasteiger partial charge on any atom is 0.191 e. The highest BCUT2D eigenvalue weighted by atomic mass is 15.3. The lowest BCUT2D eigenvalue weighted by Crippen LogP contribution is -2.49. The number of likely N-dealkylation sites (tertiary alicyclic amines) is 1. The zero-order valence-electron chi connectivity index (χ0n) is 8.82. The Labute approximate surface area is 80.4 Å². The molecule has 0 aliphatic carbocycles. The van der Waals surface area contributed by atoms with E-state index in [0.717, 1.165) is 13.1 Å². The van der Waals surface area contributed by atoms with Crippen LogP contribution >= 0.6 is 0 Å². The first-order valence-electron chi connectivity index (χ1n) is 4.78. The number of rotatable bonds is 1. The predicted molar refractivity (Wildman–Crippen MR) is 55.8 cm³/mol. The predicted octanol–water partition coefficient (Wildman–Crippen LogP) is -0.0431. The summed E-state index contributed by atoms with van der Waals surface area (Å²) in [5.74, 6) is 0.673. The Kier molecular flexibility index (Phi) is 3.54. The Morgan fingerprint density at radius 2 is 2.23 bits per heavy atom. The topological polar surface area (TPSA) is 44.9 Å². The summed E-state index contributed by atoms with van der Waals surface area (Å²) in [6, 6.07) is 0.619. The van der Waals surface area contributed by atoms with Gasteiger partial charge in [0.05, 0.1) is 0 Å². The SMILES string of the molecule is CN=C(N)N1CCCC(N(C)C)C1. The fourth-order valence-corrected chi connectivity index (χ4v) is 1.73. The van der Waals surface area contributed by atoms with Gasteiger partial charge >= 0.3 is 0 Å². The molecule has 13 heavy (non-hydrogen) atoms. The Bertz CT molecular complexity index is 188. The first kappa shape index (κ1) is 10.3. The first-order chi connectivity index (χ1) is 6.15. The van der Waals surface area contributed by atoms with Gasteiger partial charge in [0.2, 0.25) is 0 Å². The average molecular weight is 184 g/mol. The van der Waals surface area contributed by atoms with Gasteiger partial charge in [0.15, 0.2) is 5.96 Å². The zero-order valence-corrected chi connectivity index (χ0v) is 8.82. The summed E-state index contributed by atoms with van der Waals surface area (Å²) in [4.78, 5) is 8.43. The van der Waals surface area contributed by atoms with E-state index in [4.69, 9.17) is 5.73 Å². The fraction of sp³-hybridized carbons (Fsp3) is 0.889. The highest BCUT2D eigenvalue weighted by Crippen LogP contribution is 2.12. The third-order valence-corrected chi connectivity index (χ3v) is 2.68. The Hall–Kier alpha value is -0.770. The van der Waals surface area contributed by atoms with Crippen molar-refractivity contribution in [3.05, 3.63) is 0 Å². The van der Waals surface area contributed by atoms with Gasteiger partial charge < -0.3 is 15.5 Å². The molecule has 1 fully saturated rings. The van der Waals surface area contributed by atoms with Crippen LogP contribution in [0.4, 0.5) is 0 Å². The Morgan fingerprint density at radius 3 is 2.77 bits per heavy atom. The molecular formula is C9H20N4. The van der Waals surface area contributed by atoms with E-state index in [1.54, 1.807) is 7.05 Å². The maximum atomic E-state index is 5.77. The monoisotopic (exact) mass is 184 g/mol. The van der Waals surface area contributed by atoms with Crippen LogP contribution in [0.1, 0.15) is 12.8 Å². The van der Waals surface area contributed by atoms with Crippen LogP contribution in [0.25, 0.3) is 0 Å². The molecule has 0 bridgehead atoms. The third kappa shape index (κ3) is 2.59. The lowest BCUT2D eigenvalue weighted by molar-refractivity contribution is 0.183. The molecule has 1 rings (SSSR count). The van der Waals surface area contributed by atoms with E-state index in [2.05, 4.69) is 28.9 Å². The van der Waals surface area contributed by atoms with Crippen LogP contribution in [-0.2, 0) is 0 Å². The van der Waals surface area contributed by atoms with Gasteiger partial charge in [-0.25, -0.2) is 0 Å². The minimum absolute atomic E-state index is 0.619. The summed E-state index contributed by atoms with van der Waals surface area (Å²) in [6.45, 7) is 2.06. The summed E-state index contributed by atoms with van der Waals surface area (Å²) >= 11 is 0. The second kappa shape index (κ2) is 4.46. The number of piperidine rings is 1. The summed E-state index contributed by atoms with van der Waals surface area (Å²) in [5.41, 5.74) is 5.77. The number of hydrogen-bond donors (Lipinski definition) is 1. The van der Waals surface area contributed by atoms with Gasteiger partial charge in [-0.3, -0.25) is 4.99 Å². The van der Waals surface area contributed by atoms with Crippen LogP contribution in [0.3, 0.4) is 0 Å². The summed E-state index contributed by atoms with van der Waals surface area (Å²) in [7, 11) is 5.98. The lowest BCUT2D eigenvalue weighted by Gasteiger charge is -2.36. The first-order valence-corrected chi connectivity index (χ1v) is 4.78. The van der Waals surface area contributed by atoms with Gasteiger partial charge in [0, 0.05) is 26.2 Å². The van der Waals surface area contributed by atoms with Crippen molar-refractivity contribution in [3.8, 4) is 0 Å². The molecular weight excluding hydrogens is 164 g/mol. The van der Waals surface area contributed by atoms with Gasteiger partial charge in [-0.05, 0) is 26.9 Å². The standard InChI is InChI=1S/C9H20N4/c1-11-9(10)13-6-4-5-8(7-13)12(2)3/h8H,4-7H2,1-3H3,(H2,10,11). The molecule has 1 aliphatic heterocycles. The molecule has 0 radical (unpaired) electrons. The van der Waals surface area contributed by atoms with Crippen LogP contribution in [0.15, 0.2) is 4.99 Å². The molecule has 1 heterocycles. The second-order valence-electron chi connectivity index (χ2n) is 3.79. The molecule has 1 aliphatic rings. The molecule has 0 aromatic heterocycles. The van der Waals surface area contributed by atoms with Crippen molar-refractivity contribution in [1.82, 2.24) is 9.80 Å².